The Bertz CT molecular complexity index is 404. The molecular weight excluding hydrogens is 262 g/mol. The third-order valence-corrected chi connectivity index (χ3v) is 3.46. The van der Waals surface area contributed by atoms with Gasteiger partial charge in [0.15, 0.2) is 0 Å². The Hall–Kier alpha value is -1.06. The molecule has 3 nitrogen and oxygen atoms in total. The molecule has 0 fully saturated rings. The van der Waals surface area contributed by atoms with Crippen molar-refractivity contribution in [2.45, 2.75) is 59.3 Å². The van der Waals surface area contributed by atoms with Crippen molar-refractivity contribution in [3.63, 3.8) is 0 Å². The summed E-state index contributed by atoms with van der Waals surface area (Å²) in [6.45, 7) is 11.6. The first-order valence-electron chi connectivity index (χ1n) is 8.02. The molecule has 0 radical (unpaired) electrons. The molecule has 0 bridgehead atoms. The highest BCUT2D eigenvalue weighted by Gasteiger charge is 2.25. The Morgan fingerprint density at radius 3 is 2.38 bits per heavy atom. The smallest absolute Gasteiger partial charge is 0.120 e. The minimum atomic E-state index is 0.144. The van der Waals surface area contributed by atoms with Crippen LogP contribution >= 0.6 is 0 Å². The molecule has 0 spiro atoms. The second-order valence-corrected chi connectivity index (χ2v) is 6.12. The van der Waals surface area contributed by atoms with Gasteiger partial charge in [-0.3, -0.25) is 0 Å². The molecule has 1 aromatic rings. The molecule has 3 heteroatoms. The Labute approximate surface area is 130 Å². The number of ether oxygens (including phenoxy) is 2. The lowest BCUT2D eigenvalue weighted by Gasteiger charge is -2.30. The SMILES string of the molecule is CCCNC(c1cccc(OC(C)C)c1)C(OC)C(C)C. The molecule has 0 saturated carbocycles. The molecule has 2 atom stereocenters. The number of nitrogens with one attached hydrogen (secondary N) is 1. The van der Waals surface area contributed by atoms with Crippen LogP contribution in [0.5, 0.6) is 5.75 Å². The van der Waals surface area contributed by atoms with Crippen LogP contribution in [0.2, 0.25) is 0 Å². The zero-order chi connectivity index (χ0) is 15.8. The van der Waals surface area contributed by atoms with Gasteiger partial charge < -0.3 is 14.8 Å². The van der Waals surface area contributed by atoms with Crippen LogP contribution in [0.25, 0.3) is 0 Å². The monoisotopic (exact) mass is 293 g/mol. The Balaban J connectivity index is 3.01. The molecule has 0 heterocycles. The van der Waals surface area contributed by atoms with Crippen molar-refractivity contribution >= 4 is 0 Å². The first-order valence-corrected chi connectivity index (χ1v) is 8.02. The lowest BCUT2D eigenvalue weighted by Crippen LogP contribution is -2.37. The van der Waals surface area contributed by atoms with Gasteiger partial charge in [-0.05, 0) is 50.4 Å². The summed E-state index contributed by atoms with van der Waals surface area (Å²) in [4.78, 5) is 0. The van der Waals surface area contributed by atoms with E-state index in [4.69, 9.17) is 9.47 Å². The van der Waals surface area contributed by atoms with Crippen LogP contribution in [0, 0.1) is 5.92 Å². The fraction of sp³-hybridized carbons (Fsp3) is 0.667. The molecule has 120 valence electrons. The zero-order valence-corrected chi connectivity index (χ0v) is 14.3. The van der Waals surface area contributed by atoms with Crippen LogP contribution in [-0.4, -0.2) is 25.9 Å². The van der Waals surface area contributed by atoms with E-state index >= 15 is 0 Å². The maximum Gasteiger partial charge on any atom is 0.120 e. The lowest BCUT2D eigenvalue weighted by molar-refractivity contribution is 0.0326. The Morgan fingerprint density at radius 1 is 1.14 bits per heavy atom. The number of hydrogen-bond acceptors (Lipinski definition) is 3. The Kier molecular flexibility index (Phi) is 7.76. The average molecular weight is 293 g/mol. The van der Waals surface area contributed by atoms with Crippen LogP contribution in [0.4, 0.5) is 0 Å². The van der Waals surface area contributed by atoms with Crippen molar-refractivity contribution in [3.05, 3.63) is 29.8 Å². The van der Waals surface area contributed by atoms with Gasteiger partial charge >= 0.3 is 0 Å². The first-order chi connectivity index (χ1) is 9.99. The van der Waals surface area contributed by atoms with Crippen LogP contribution in [-0.2, 0) is 4.74 Å². The highest BCUT2D eigenvalue weighted by atomic mass is 16.5. The molecule has 1 rings (SSSR count). The number of rotatable bonds is 9. The van der Waals surface area contributed by atoms with E-state index in [1.54, 1.807) is 7.11 Å². The van der Waals surface area contributed by atoms with Crippen molar-refractivity contribution < 1.29 is 9.47 Å². The maximum absolute atomic E-state index is 5.81. The molecule has 1 aromatic carbocycles. The summed E-state index contributed by atoms with van der Waals surface area (Å²) in [7, 11) is 1.79. The van der Waals surface area contributed by atoms with Gasteiger partial charge in [0, 0.05) is 7.11 Å². The molecule has 0 aliphatic heterocycles. The number of benzene rings is 1. The number of hydrogen-bond donors (Lipinski definition) is 1. The lowest BCUT2D eigenvalue weighted by atomic mass is 9.93. The van der Waals surface area contributed by atoms with Gasteiger partial charge in [-0.1, -0.05) is 32.9 Å². The maximum atomic E-state index is 5.81. The fourth-order valence-corrected chi connectivity index (χ4v) is 2.57. The second kappa shape index (κ2) is 9.06. The van der Waals surface area contributed by atoms with Gasteiger partial charge in [0.1, 0.15) is 5.75 Å². The quantitative estimate of drug-likeness (QED) is 0.740. The molecular formula is C18H31NO2. The summed E-state index contributed by atoms with van der Waals surface area (Å²) in [5, 5.41) is 3.62. The molecule has 0 saturated heterocycles. The largest absolute Gasteiger partial charge is 0.491 e. The van der Waals surface area contributed by atoms with Gasteiger partial charge in [0.25, 0.3) is 0 Å². The normalized spacial score (nSPS) is 14.5. The Morgan fingerprint density at radius 2 is 1.86 bits per heavy atom. The summed E-state index contributed by atoms with van der Waals surface area (Å²) < 4.78 is 11.6. The highest BCUT2D eigenvalue weighted by molar-refractivity contribution is 5.31. The highest BCUT2D eigenvalue weighted by Crippen LogP contribution is 2.27. The van der Waals surface area contributed by atoms with Gasteiger partial charge in [-0.15, -0.1) is 0 Å². The molecule has 0 aliphatic carbocycles. The molecule has 21 heavy (non-hydrogen) atoms. The summed E-state index contributed by atoms with van der Waals surface area (Å²) in [5.74, 6) is 1.36. The number of methoxy groups -OCH3 is 1. The van der Waals surface area contributed by atoms with E-state index in [1.807, 2.05) is 19.9 Å². The van der Waals surface area contributed by atoms with Gasteiger partial charge in [0.2, 0.25) is 0 Å². The molecule has 0 aromatic heterocycles. The van der Waals surface area contributed by atoms with Gasteiger partial charge in [-0.25, -0.2) is 0 Å². The van der Waals surface area contributed by atoms with Crippen LogP contribution in [0.3, 0.4) is 0 Å². The van der Waals surface area contributed by atoms with E-state index in [1.165, 1.54) is 5.56 Å². The van der Waals surface area contributed by atoms with E-state index in [-0.39, 0.29) is 18.2 Å². The fourth-order valence-electron chi connectivity index (χ4n) is 2.57. The minimum Gasteiger partial charge on any atom is -0.491 e. The van der Waals surface area contributed by atoms with Crippen molar-refractivity contribution in [3.8, 4) is 5.75 Å². The second-order valence-electron chi connectivity index (χ2n) is 6.12. The molecule has 0 aliphatic rings. The first kappa shape index (κ1) is 18.0. The van der Waals surface area contributed by atoms with E-state index in [9.17, 15) is 0 Å². The van der Waals surface area contributed by atoms with Crippen LogP contribution < -0.4 is 10.1 Å². The third-order valence-electron chi connectivity index (χ3n) is 3.46. The van der Waals surface area contributed by atoms with E-state index < -0.39 is 0 Å². The topological polar surface area (TPSA) is 30.5 Å². The van der Waals surface area contributed by atoms with E-state index in [0.29, 0.717) is 5.92 Å². The summed E-state index contributed by atoms with van der Waals surface area (Å²) in [6, 6.07) is 8.53. The van der Waals surface area contributed by atoms with Crippen molar-refractivity contribution in [2.24, 2.45) is 5.92 Å². The minimum absolute atomic E-state index is 0.144. The van der Waals surface area contributed by atoms with Crippen LogP contribution in [0.15, 0.2) is 24.3 Å². The van der Waals surface area contributed by atoms with Gasteiger partial charge in [0.05, 0.1) is 18.2 Å². The molecule has 0 amide bonds. The predicted octanol–water partition coefficient (Wildman–Crippen LogP) is 4.19. The molecule has 2 unspecified atom stereocenters. The average Bonchev–Trinajstić information content (AvgIpc) is 2.42. The van der Waals surface area contributed by atoms with Crippen molar-refractivity contribution in [2.75, 3.05) is 13.7 Å². The van der Waals surface area contributed by atoms with Gasteiger partial charge in [-0.2, -0.15) is 0 Å². The molecule has 1 N–H and O–H groups in total. The summed E-state index contributed by atoms with van der Waals surface area (Å²) in [6.07, 6.45) is 1.43. The standard InChI is InChI=1S/C18H31NO2/c1-7-11-19-17(18(20-6)13(2)3)15-9-8-10-16(12-15)21-14(4)5/h8-10,12-14,17-19H,7,11H2,1-6H3. The zero-order valence-electron chi connectivity index (χ0n) is 14.3. The summed E-state index contributed by atoms with van der Waals surface area (Å²) >= 11 is 0. The predicted molar refractivity (Wildman–Crippen MR) is 88.9 cm³/mol. The third kappa shape index (κ3) is 5.68. The van der Waals surface area contributed by atoms with Crippen molar-refractivity contribution in [1.82, 2.24) is 5.32 Å². The van der Waals surface area contributed by atoms with Crippen LogP contribution in [0.1, 0.15) is 52.6 Å². The van der Waals surface area contributed by atoms with Crippen molar-refractivity contribution in [1.29, 1.82) is 0 Å². The summed E-state index contributed by atoms with van der Waals surface area (Å²) in [5.41, 5.74) is 1.22. The van der Waals surface area contributed by atoms with E-state index in [2.05, 4.69) is 44.3 Å². The van der Waals surface area contributed by atoms with E-state index in [0.717, 1.165) is 18.7 Å².